The SMILES string of the molecule is CCOP(=O)(CC1CCN(c2nc(Cl)nc3c4cc(C(F)(F)F)ccc4n(Cc4ccc(OC)cc4)c23)CC1)OCC. The number of alkyl halides is 3. The molecule has 226 valence electrons. The van der Waals surface area contributed by atoms with Gasteiger partial charge in [-0.25, -0.2) is 4.98 Å². The number of fused-ring (bicyclic) bond motifs is 3. The average molecular weight is 625 g/mol. The maximum atomic E-state index is 13.7. The Hall–Kier alpha value is -2.85. The van der Waals surface area contributed by atoms with Gasteiger partial charge in [0, 0.05) is 25.0 Å². The van der Waals surface area contributed by atoms with Gasteiger partial charge in [-0.2, -0.15) is 18.2 Å². The molecule has 3 heterocycles. The largest absolute Gasteiger partial charge is 0.497 e. The molecule has 2 aromatic heterocycles. The van der Waals surface area contributed by atoms with Crippen LogP contribution < -0.4 is 9.64 Å². The average Bonchev–Trinajstić information content (AvgIpc) is 3.25. The van der Waals surface area contributed by atoms with Crippen LogP contribution in [0.15, 0.2) is 42.5 Å². The van der Waals surface area contributed by atoms with E-state index in [4.69, 9.17) is 25.4 Å². The lowest BCUT2D eigenvalue weighted by molar-refractivity contribution is -0.137. The Morgan fingerprint density at radius 1 is 1.02 bits per heavy atom. The van der Waals surface area contributed by atoms with Crippen molar-refractivity contribution in [2.45, 2.75) is 39.4 Å². The predicted octanol–water partition coefficient (Wildman–Crippen LogP) is 7.80. The Morgan fingerprint density at radius 2 is 1.69 bits per heavy atom. The molecule has 0 bridgehead atoms. The van der Waals surface area contributed by atoms with Crippen LogP contribution in [0.4, 0.5) is 19.0 Å². The van der Waals surface area contributed by atoms with Gasteiger partial charge in [0.05, 0.1) is 37.6 Å². The van der Waals surface area contributed by atoms with Crippen LogP contribution in [0, 0.1) is 5.92 Å². The van der Waals surface area contributed by atoms with E-state index in [1.807, 2.05) is 28.8 Å². The summed E-state index contributed by atoms with van der Waals surface area (Å²) in [5, 5.41) is 0.306. The number of hydrogen-bond donors (Lipinski definition) is 0. The molecule has 1 aliphatic rings. The first kappa shape index (κ1) is 30.6. The Morgan fingerprint density at radius 3 is 2.29 bits per heavy atom. The van der Waals surface area contributed by atoms with Crippen LogP contribution in [0.2, 0.25) is 5.28 Å². The molecule has 1 saturated heterocycles. The lowest BCUT2D eigenvalue weighted by Crippen LogP contribution is -2.36. The molecule has 0 unspecified atom stereocenters. The first-order chi connectivity index (χ1) is 20.0. The summed E-state index contributed by atoms with van der Waals surface area (Å²) in [6.45, 7) is 5.75. The molecule has 0 N–H and O–H groups in total. The van der Waals surface area contributed by atoms with E-state index in [1.165, 1.54) is 6.07 Å². The summed E-state index contributed by atoms with van der Waals surface area (Å²) >= 11 is 6.40. The van der Waals surface area contributed by atoms with Gasteiger partial charge in [0.25, 0.3) is 0 Å². The fourth-order valence-electron chi connectivity index (χ4n) is 5.59. The number of ether oxygens (including phenoxy) is 1. The first-order valence-electron chi connectivity index (χ1n) is 13.9. The first-order valence-corrected chi connectivity index (χ1v) is 16.0. The van der Waals surface area contributed by atoms with E-state index in [9.17, 15) is 17.7 Å². The van der Waals surface area contributed by atoms with Gasteiger partial charge < -0.3 is 23.3 Å². The molecule has 4 aromatic rings. The fraction of sp³-hybridized carbons (Fsp3) is 0.448. The molecule has 13 heteroatoms. The monoisotopic (exact) mass is 624 g/mol. The van der Waals surface area contributed by atoms with Gasteiger partial charge >= 0.3 is 13.8 Å². The lowest BCUT2D eigenvalue weighted by atomic mass is 9.99. The van der Waals surface area contributed by atoms with E-state index < -0.39 is 19.3 Å². The van der Waals surface area contributed by atoms with E-state index in [-0.39, 0.29) is 11.2 Å². The summed E-state index contributed by atoms with van der Waals surface area (Å²) in [5.41, 5.74) is 1.73. The number of benzene rings is 2. The van der Waals surface area contributed by atoms with Gasteiger partial charge in [-0.1, -0.05) is 12.1 Å². The molecule has 42 heavy (non-hydrogen) atoms. The Kier molecular flexibility index (Phi) is 9.04. The Balaban J connectivity index is 1.56. The second kappa shape index (κ2) is 12.4. The highest BCUT2D eigenvalue weighted by Crippen LogP contribution is 2.51. The zero-order valence-electron chi connectivity index (χ0n) is 23.7. The number of nitrogens with zero attached hydrogens (tertiary/aromatic N) is 4. The molecule has 8 nitrogen and oxygen atoms in total. The third-order valence-corrected chi connectivity index (χ3v) is 9.96. The second-order valence-electron chi connectivity index (χ2n) is 10.2. The summed E-state index contributed by atoms with van der Waals surface area (Å²) in [7, 11) is -1.60. The Bertz CT molecular complexity index is 1600. The third kappa shape index (κ3) is 6.39. The van der Waals surface area contributed by atoms with Crippen LogP contribution in [0.25, 0.3) is 21.9 Å². The third-order valence-electron chi connectivity index (χ3n) is 7.53. The number of hydrogen-bond acceptors (Lipinski definition) is 7. The van der Waals surface area contributed by atoms with Crippen molar-refractivity contribution in [1.29, 1.82) is 0 Å². The van der Waals surface area contributed by atoms with Crippen molar-refractivity contribution < 1.29 is 31.5 Å². The van der Waals surface area contributed by atoms with E-state index in [1.54, 1.807) is 21.0 Å². The molecule has 1 fully saturated rings. The number of halogens is 4. The van der Waals surface area contributed by atoms with Gasteiger partial charge in [-0.3, -0.25) is 4.57 Å². The summed E-state index contributed by atoms with van der Waals surface area (Å²) in [4.78, 5) is 11.1. The molecule has 2 aromatic carbocycles. The van der Waals surface area contributed by atoms with Gasteiger partial charge in [-0.15, -0.1) is 0 Å². The highest BCUT2D eigenvalue weighted by Gasteiger charge is 2.34. The highest BCUT2D eigenvalue weighted by molar-refractivity contribution is 7.53. The van der Waals surface area contributed by atoms with Crippen LogP contribution in [0.1, 0.15) is 37.8 Å². The van der Waals surface area contributed by atoms with Crippen molar-refractivity contribution in [2.75, 3.05) is 44.5 Å². The standard InChI is InChI=1S/C29H33ClF3N4O4P/c1-4-40-42(38,41-5-2)18-20-12-14-36(15-13-20)27-26-25(34-28(30)35-27)23-16-21(29(31,32)33)8-11-24(23)37(26)17-19-6-9-22(39-3)10-7-19/h6-11,16,20H,4-5,12-15,17-18H2,1-3H3. The summed E-state index contributed by atoms with van der Waals surface area (Å²) in [5.74, 6) is 1.38. The second-order valence-corrected chi connectivity index (χ2v) is 12.7. The minimum atomic E-state index is -4.51. The van der Waals surface area contributed by atoms with Crippen LogP contribution in [0.5, 0.6) is 5.75 Å². The summed E-state index contributed by atoms with van der Waals surface area (Å²) in [6, 6.07) is 11.2. The van der Waals surface area contributed by atoms with E-state index >= 15 is 0 Å². The zero-order chi connectivity index (χ0) is 30.1. The number of piperidine rings is 1. The number of methoxy groups -OCH3 is 1. The van der Waals surface area contributed by atoms with Crippen LogP contribution >= 0.6 is 19.2 Å². The topological polar surface area (TPSA) is 78.7 Å². The zero-order valence-corrected chi connectivity index (χ0v) is 25.3. The van der Waals surface area contributed by atoms with Gasteiger partial charge in [0.1, 0.15) is 16.8 Å². The quantitative estimate of drug-likeness (QED) is 0.132. The van der Waals surface area contributed by atoms with Crippen molar-refractivity contribution in [1.82, 2.24) is 14.5 Å². The minimum absolute atomic E-state index is 0.0438. The highest BCUT2D eigenvalue weighted by atomic mass is 35.5. The van der Waals surface area contributed by atoms with Crippen molar-refractivity contribution in [3.63, 3.8) is 0 Å². The van der Waals surface area contributed by atoms with Crippen LogP contribution in [-0.4, -0.2) is 54.1 Å². The molecule has 1 aliphatic heterocycles. The van der Waals surface area contributed by atoms with Gasteiger partial charge in [-0.05, 0) is 80.1 Å². The molecule has 0 atom stereocenters. The maximum Gasteiger partial charge on any atom is 0.416 e. The van der Waals surface area contributed by atoms with Crippen molar-refractivity contribution in [2.24, 2.45) is 5.92 Å². The maximum absolute atomic E-state index is 13.7. The normalized spacial score (nSPS) is 15.2. The van der Waals surface area contributed by atoms with Gasteiger partial charge in [0.2, 0.25) is 5.28 Å². The molecule has 0 saturated carbocycles. The molecule has 0 radical (unpaired) electrons. The fourth-order valence-corrected chi connectivity index (χ4v) is 7.82. The van der Waals surface area contributed by atoms with Crippen molar-refractivity contribution >= 4 is 47.0 Å². The van der Waals surface area contributed by atoms with Crippen molar-refractivity contribution in [3.8, 4) is 5.75 Å². The van der Waals surface area contributed by atoms with E-state index in [0.29, 0.717) is 85.4 Å². The van der Waals surface area contributed by atoms with Crippen LogP contribution in [-0.2, 0) is 26.3 Å². The molecule has 5 rings (SSSR count). The molecular weight excluding hydrogens is 592 g/mol. The Labute approximate surface area is 247 Å². The number of rotatable bonds is 10. The summed E-state index contributed by atoms with van der Waals surface area (Å²) < 4.78 is 72.5. The minimum Gasteiger partial charge on any atom is -0.497 e. The smallest absolute Gasteiger partial charge is 0.416 e. The summed E-state index contributed by atoms with van der Waals surface area (Å²) in [6.07, 6.45) is -2.75. The molecule has 0 amide bonds. The van der Waals surface area contributed by atoms with Gasteiger partial charge in [0.15, 0.2) is 5.82 Å². The van der Waals surface area contributed by atoms with E-state index in [2.05, 4.69) is 14.9 Å². The molecular formula is C29H33ClF3N4O4P. The van der Waals surface area contributed by atoms with Crippen molar-refractivity contribution in [3.05, 3.63) is 58.9 Å². The number of anilines is 1. The van der Waals surface area contributed by atoms with Crippen LogP contribution in [0.3, 0.4) is 0 Å². The van der Waals surface area contributed by atoms with E-state index in [0.717, 1.165) is 17.7 Å². The number of aromatic nitrogens is 3. The molecule has 0 spiro atoms. The molecule has 0 aliphatic carbocycles. The predicted molar refractivity (Wildman–Crippen MR) is 158 cm³/mol. The lowest BCUT2D eigenvalue weighted by Gasteiger charge is -2.34.